The first-order valence-corrected chi connectivity index (χ1v) is 22.6. The lowest BCUT2D eigenvalue weighted by Crippen LogP contribution is -2.66. The van der Waals surface area contributed by atoms with E-state index in [-0.39, 0.29) is 17.5 Å². The molecule has 0 spiro atoms. The molecule has 0 saturated heterocycles. The molecule has 10 atom stereocenters. The van der Waals surface area contributed by atoms with Crippen molar-refractivity contribution >= 4 is 5.97 Å². The highest BCUT2D eigenvalue weighted by molar-refractivity contribution is 5.69. The van der Waals surface area contributed by atoms with Crippen LogP contribution in [0.15, 0.2) is 12.2 Å². The number of fused-ring (bicyclic) bond motifs is 7. The topological polar surface area (TPSA) is 26.3 Å². The first-order chi connectivity index (χ1) is 23.7. The maximum atomic E-state index is 13.2. The molecule has 5 aliphatic carbocycles. The van der Waals surface area contributed by atoms with Crippen molar-refractivity contribution in [3.05, 3.63) is 12.2 Å². The lowest BCUT2D eigenvalue weighted by Gasteiger charge is -2.73. The normalized spacial score (nSPS) is 40.3. The van der Waals surface area contributed by atoms with Crippen LogP contribution in [0.5, 0.6) is 0 Å². The van der Waals surface area contributed by atoms with Gasteiger partial charge >= 0.3 is 5.97 Å². The summed E-state index contributed by atoms with van der Waals surface area (Å²) < 4.78 is 6.43. The number of ether oxygens (including phenoxy) is 1. The van der Waals surface area contributed by atoms with Gasteiger partial charge in [0, 0.05) is 11.8 Å². The fourth-order valence-corrected chi connectivity index (χ4v) is 14.5. The van der Waals surface area contributed by atoms with Crippen LogP contribution in [0, 0.1) is 56.7 Å². The summed E-state index contributed by atoms with van der Waals surface area (Å²) in [7, 11) is 0. The van der Waals surface area contributed by atoms with Crippen molar-refractivity contribution in [1.29, 1.82) is 0 Å². The standard InChI is InChI=1S/C48H84O2/c1-10-11-12-13-14-15-16-17-18-19-20-21-22-23-24-25-42(49)50-41-30-32-46(7)39(44(41,4)5)29-33-48(9)40(46)27-26-38-43-37(36(2)3)28-31-45(43,6)34-35-47(38,48)8/h37-41,43H,2,10-35H2,1,3-9H3/t37-,38+,39-,40+,41-,43+,45+,46-,47+,48+/m0/s1. The Balaban J connectivity index is 1.06. The zero-order valence-corrected chi connectivity index (χ0v) is 34.9. The van der Waals surface area contributed by atoms with Gasteiger partial charge in [-0.05, 0) is 129 Å². The number of esters is 1. The summed E-state index contributed by atoms with van der Waals surface area (Å²) in [5.74, 6) is 3.89. The molecule has 0 bridgehead atoms. The minimum Gasteiger partial charge on any atom is -0.462 e. The highest BCUT2D eigenvalue weighted by Crippen LogP contribution is 2.77. The van der Waals surface area contributed by atoms with Gasteiger partial charge in [-0.1, -0.05) is 151 Å². The highest BCUT2D eigenvalue weighted by atomic mass is 16.5. The SMILES string of the molecule is C=C(C)[C@@H]1CC[C@]2(C)CC[C@]3(C)[C@H](CC[C@@H]4[C@@]5(C)CC[C@H](OC(=O)CCCCCCCCCCCCCCCCC)C(C)(C)[C@@H]5CC[C@]43C)[C@@H]12. The molecule has 5 aliphatic rings. The van der Waals surface area contributed by atoms with E-state index in [1.165, 1.54) is 153 Å². The molecule has 0 radical (unpaired) electrons. The molecule has 0 aliphatic heterocycles. The molecule has 0 N–H and O–H groups in total. The Morgan fingerprint density at radius 3 is 1.78 bits per heavy atom. The van der Waals surface area contributed by atoms with E-state index in [4.69, 9.17) is 4.74 Å². The Labute approximate surface area is 311 Å². The van der Waals surface area contributed by atoms with E-state index in [9.17, 15) is 4.79 Å². The van der Waals surface area contributed by atoms with Crippen LogP contribution in [0.4, 0.5) is 0 Å². The third-order valence-corrected chi connectivity index (χ3v) is 17.7. The monoisotopic (exact) mass is 693 g/mol. The zero-order chi connectivity index (χ0) is 36.2. The third-order valence-electron chi connectivity index (χ3n) is 17.7. The molecule has 0 heterocycles. The van der Waals surface area contributed by atoms with Crippen molar-refractivity contribution in [3.63, 3.8) is 0 Å². The summed E-state index contributed by atoms with van der Waals surface area (Å²) in [5.41, 5.74) is 3.18. The smallest absolute Gasteiger partial charge is 0.306 e. The van der Waals surface area contributed by atoms with Crippen LogP contribution >= 0.6 is 0 Å². The quantitative estimate of drug-likeness (QED) is 0.0812. The number of allylic oxidation sites excluding steroid dienone is 1. The van der Waals surface area contributed by atoms with Gasteiger partial charge in [0.2, 0.25) is 0 Å². The van der Waals surface area contributed by atoms with Crippen LogP contribution in [0.3, 0.4) is 0 Å². The Bertz CT molecular complexity index is 1120. The number of carbonyl (C=O) groups is 1. The Morgan fingerprint density at radius 1 is 0.620 bits per heavy atom. The minimum absolute atomic E-state index is 0.0401. The van der Waals surface area contributed by atoms with Crippen molar-refractivity contribution in [3.8, 4) is 0 Å². The van der Waals surface area contributed by atoms with Gasteiger partial charge in [-0.15, -0.1) is 0 Å². The molecular weight excluding hydrogens is 609 g/mol. The summed E-state index contributed by atoms with van der Waals surface area (Å²) in [4.78, 5) is 13.2. The predicted octanol–water partition coefficient (Wildman–Crippen LogP) is 14.8. The summed E-state index contributed by atoms with van der Waals surface area (Å²) in [6.07, 6.45) is 34.4. The number of unbranched alkanes of at least 4 members (excludes halogenated alkanes) is 14. The second-order valence-electron chi connectivity index (χ2n) is 20.9. The second kappa shape index (κ2) is 16.7. The van der Waals surface area contributed by atoms with Crippen LogP contribution < -0.4 is 0 Å². The van der Waals surface area contributed by atoms with Gasteiger partial charge in [-0.25, -0.2) is 0 Å². The number of hydrogen-bond acceptors (Lipinski definition) is 2. The van der Waals surface area contributed by atoms with Crippen LogP contribution in [-0.2, 0) is 9.53 Å². The zero-order valence-electron chi connectivity index (χ0n) is 34.9. The van der Waals surface area contributed by atoms with Crippen molar-refractivity contribution in [2.45, 2.75) is 228 Å². The van der Waals surface area contributed by atoms with Gasteiger partial charge < -0.3 is 4.74 Å². The molecule has 2 nitrogen and oxygen atoms in total. The van der Waals surface area contributed by atoms with Gasteiger partial charge in [0.15, 0.2) is 0 Å². The van der Waals surface area contributed by atoms with Gasteiger partial charge in [-0.2, -0.15) is 0 Å². The molecule has 0 unspecified atom stereocenters. The van der Waals surface area contributed by atoms with Crippen LogP contribution in [0.2, 0.25) is 0 Å². The molecule has 0 amide bonds. The lowest BCUT2D eigenvalue weighted by molar-refractivity contribution is -0.249. The molecule has 5 rings (SSSR count). The molecule has 0 aromatic rings. The molecule has 0 aromatic heterocycles. The fourth-order valence-electron chi connectivity index (χ4n) is 14.5. The van der Waals surface area contributed by atoms with Crippen molar-refractivity contribution in [2.75, 3.05) is 0 Å². The Hall–Kier alpha value is -0.790. The predicted molar refractivity (Wildman–Crippen MR) is 214 cm³/mol. The Kier molecular flexibility index (Phi) is 13.5. The molecular formula is C48H84O2. The van der Waals surface area contributed by atoms with E-state index < -0.39 is 0 Å². The number of hydrogen-bond donors (Lipinski definition) is 0. The largest absolute Gasteiger partial charge is 0.462 e. The van der Waals surface area contributed by atoms with Crippen molar-refractivity contribution in [1.82, 2.24) is 0 Å². The first kappa shape index (κ1) is 40.4. The van der Waals surface area contributed by atoms with Gasteiger partial charge in [0.1, 0.15) is 6.10 Å². The summed E-state index contributed by atoms with van der Waals surface area (Å²) in [6.45, 7) is 25.0. The van der Waals surface area contributed by atoms with Gasteiger partial charge in [-0.3, -0.25) is 4.79 Å². The van der Waals surface area contributed by atoms with Crippen LogP contribution in [0.25, 0.3) is 0 Å². The maximum absolute atomic E-state index is 13.2. The first-order valence-electron chi connectivity index (χ1n) is 22.6. The summed E-state index contributed by atoms with van der Waals surface area (Å²) in [5, 5.41) is 0. The summed E-state index contributed by atoms with van der Waals surface area (Å²) in [6, 6.07) is 0. The fraction of sp³-hybridized carbons (Fsp3) is 0.938. The van der Waals surface area contributed by atoms with Crippen LogP contribution in [0.1, 0.15) is 222 Å². The second-order valence-corrected chi connectivity index (χ2v) is 20.9. The number of carbonyl (C=O) groups excluding carboxylic acids is 1. The highest BCUT2D eigenvalue weighted by Gasteiger charge is 2.70. The molecule has 5 saturated carbocycles. The molecule has 0 aromatic carbocycles. The van der Waals surface area contributed by atoms with Crippen molar-refractivity contribution in [2.24, 2.45) is 56.7 Å². The van der Waals surface area contributed by atoms with E-state index in [1.54, 1.807) is 0 Å². The molecule has 5 fully saturated rings. The number of rotatable bonds is 18. The van der Waals surface area contributed by atoms with E-state index in [0.717, 1.165) is 36.5 Å². The maximum Gasteiger partial charge on any atom is 0.306 e. The van der Waals surface area contributed by atoms with E-state index >= 15 is 0 Å². The minimum atomic E-state index is 0.0401. The lowest BCUT2D eigenvalue weighted by atomic mass is 9.32. The average Bonchev–Trinajstić information content (AvgIpc) is 3.42. The van der Waals surface area contributed by atoms with Crippen molar-refractivity contribution < 1.29 is 9.53 Å². The van der Waals surface area contributed by atoms with E-state index in [0.29, 0.717) is 34.0 Å². The molecule has 50 heavy (non-hydrogen) atoms. The molecule has 2 heteroatoms. The summed E-state index contributed by atoms with van der Waals surface area (Å²) >= 11 is 0. The van der Waals surface area contributed by atoms with Gasteiger partial charge in [0.05, 0.1) is 0 Å². The molecule has 288 valence electrons. The Morgan fingerprint density at radius 2 is 1.20 bits per heavy atom. The third kappa shape index (κ3) is 7.87. The van der Waals surface area contributed by atoms with Gasteiger partial charge in [0.25, 0.3) is 0 Å². The van der Waals surface area contributed by atoms with Crippen LogP contribution in [-0.4, -0.2) is 12.1 Å². The van der Waals surface area contributed by atoms with E-state index in [2.05, 4.69) is 62.0 Å². The average molecular weight is 693 g/mol. The van der Waals surface area contributed by atoms with E-state index in [1.807, 2.05) is 0 Å².